The van der Waals surface area contributed by atoms with Gasteiger partial charge in [0.25, 0.3) is 0 Å². The summed E-state index contributed by atoms with van der Waals surface area (Å²) in [6.07, 6.45) is -4.19. The van der Waals surface area contributed by atoms with Crippen LogP contribution in [-0.2, 0) is 0 Å². The lowest BCUT2D eigenvalue weighted by Gasteiger charge is -2.49. The molecule has 1 atom stereocenters. The Balaban J connectivity index is 2.52. The highest BCUT2D eigenvalue weighted by Gasteiger charge is 2.48. The van der Waals surface area contributed by atoms with E-state index < -0.39 is 12.2 Å². The molecule has 0 saturated carbocycles. The van der Waals surface area contributed by atoms with Crippen LogP contribution in [0.4, 0.5) is 13.2 Å². The second-order valence-electron chi connectivity index (χ2n) is 4.36. The van der Waals surface area contributed by atoms with E-state index in [1.54, 1.807) is 0 Å². The zero-order valence-corrected chi connectivity index (χ0v) is 7.86. The van der Waals surface area contributed by atoms with Crippen LogP contribution < -0.4 is 5.73 Å². The first-order valence-electron chi connectivity index (χ1n) is 4.27. The normalized spacial score (nSPS) is 25.4. The Labute approximate surface area is 75.9 Å². The molecule has 0 aliphatic carbocycles. The van der Waals surface area contributed by atoms with Gasteiger partial charge < -0.3 is 5.73 Å². The predicted molar refractivity (Wildman–Crippen MR) is 44.3 cm³/mol. The molecule has 1 rings (SSSR count). The molecule has 1 aliphatic rings. The second kappa shape index (κ2) is 3.13. The number of nitrogens with two attached hydrogens (primary N) is 1. The van der Waals surface area contributed by atoms with Crippen molar-refractivity contribution in [3.8, 4) is 0 Å². The molecule has 0 bridgehead atoms. The lowest BCUT2D eigenvalue weighted by Crippen LogP contribution is -2.63. The molecule has 0 spiro atoms. The van der Waals surface area contributed by atoms with Gasteiger partial charge in [-0.1, -0.05) is 13.8 Å². The molecular formula is C8H15F3N2. The number of hydrogen-bond acceptors (Lipinski definition) is 2. The first-order chi connectivity index (χ1) is 5.76. The summed E-state index contributed by atoms with van der Waals surface area (Å²) in [7, 11) is 0. The van der Waals surface area contributed by atoms with Crippen molar-refractivity contribution in [3.63, 3.8) is 0 Å². The molecule has 0 amide bonds. The fourth-order valence-corrected chi connectivity index (χ4v) is 1.76. The van der Waals surface area contributed by atoms with E-state index in [0.717, 1.165) is 0 Å². The summed E-state index contributed by atoms with van der Waals surface area (Å²) in [5.41, 5.74) is 5.11. The molecule has 1 heterocycles. The maximum absolute atomic E-state index is 12.3. The molecule has 1 fully saturated rings. The van der Waals surface area contributed by atoms with Crippen LogP contribution in [-0.4, -0.2) is 36.8 Å². The van der Waals surface area contributed by atoms with Gasteiger partial charge in [0.15, 0.2) is 0 Å². The third-order valence-electron chi connectivity index (χ3n) is 2.30. The Morgan fingerprint density at radius 2 is 1.85 bits per heavy atom. The molecular weight excluding hydrogens is 181 g/mol. The Morgan fingerprint density at radius 1 is 1.38 bits per heavy atom. The third-order valence-corrected chi connectivity index (χ3v) is 2.30. The lowest BCUT2D eigenvalue weighted by atomic mass is 9.83. The average molecular weight is 196 g/mol. The Kier molecular flexibility index (Phi) is 2.60. The van der Waals surface area contributed by atoms with Gasteiger partial charge >= 0.3 is 6.18 Å². The molecule has 0 radical (unpaired) electrons. The van der Waals surface area contributed by atoms with Crippen molar-refractivity contribution in [2.75, 3.05) is 19.6 Å². The third kappa shape index (κ3) is 2.34. The quantitative estimate of drug-likeness (QED) is 0.719. The molecule has 0 aromatic rings. The van der Waals surface area contributed by atoms with Crippen molar-refractivity contribution in [1.29, 1.82) is 0 Å². The molecule has 13 heavy (non-hydrogen) atoms. The summed E-state index contributed by atoms with van der Waals surface area (Å²) in [6, 6.07) is -1.46. The average Bonchev–Trinajstić information content (AvgIpc) is 1.81. The van der Waals surface area contributed by atoms with Crippen molar-refractivity contribution in [2.45, 2.75) is 26.1 Å². The van der Waals surface area contributed by atoms with E-state index in [1.165, 1.54) is 4.90 Å². The Bertz CT molecular complexity index is 180. The summed E-state index contributed by atoms with van der Waals surface area (Å²) in [4.78, 5) is 1.39. The van der Waals surface area contributed by atoms with Crippen LogP contribution >= 0.6 is 0 Å². The van der Waals surface area contributed by atoms with Gasteiger partial charge in [0, 0.05) is 19.6 Å². The summed E-state index contributed by atoms with van der Waals surface area (Å²) in [5, 5.41) is 0. The van der Waals surface area contributed by atoms with Gasteiger partial charge in [-0.3, -0.25) is 4.90 Å². The monoisotopic (exact) mass is 196 g/mol. The van der Waals surface area contributed by atoms with Crippen LogP contribution in [0.2, 0.25) is 0 Å². The number of halogens is 3. The van der Waals surface area contributed by atoms with Crippen LogP contribution in [0.5, 0.6) is 0 Å². The van der Waals surface area contributed by atoms with Crippen LogP contribution in [0.25, 0.3) is 0 Å². The van der Waals surface area contributed by atoms with Crippen molar-refractivity contribution >= 4 is 0 Å². The van der Waals surface area contributed by atoms with Gasteiger partial charge in [-0.2, -0.15) is 13.2 Å². The van der Waals surface area contributed by atoms with E-state index >= 15 is 0 Å². The van der Waals surface area contributed by atoms with E-state index in [2.05, 4.69) is 0 Å². The highest BCUT2D eigenvalue weighted by molar-refractivity contribution is 4.94. The molecule has 1 aliphatic heterocycles. The molecule has 0 aromatic heterocycles. The fourth-order valence-electron chi connectivity index (χ4n) is 1.76. The number of likely N-dealkylation sites (tertiary alicyclic amines) is 1. The van der Waals surface area contributed by atoms with E-state index in [9.17, 15) is 13.2 Å². The zero-order chi connectivity index (χ0) is 10.3. The number of alkyl halides is 3. The number of nitrogens with zero attached hydrogens (tertiary/aromatic N) is 1. The molecule has 5 heteroatoms. The van der Waals surface area contributed by atoms with Crippen LogP contribution in [0.3, 0.4) is 0 Å². The van der Waals surface area contributed by atoms with Gasteiger partial charge in [0.2, 0.25) is 0 Å². The van der Waals surface area contributed by atoms with Crippen molar-refractivity contribution in [3.05, 3.63) is 0 Å². The maximum atomic E-state index is 12.3. The van der Waals surface area contributed by atoms with Crippen molar-refractivity contribution in [1.82, 2.24) is 4.90 Å². The zero-order valence-electron chi connectivity index (χ0n) is 7.86. The SMILES string of the molecule is CC1(C)CN(C(CN)C(F)(F)F)C1. The minimum absolute atomic E-state index is 0.0126. The summed E-state index contributed by atoms with van der Waals surface area (Å²) in [6.45, 7) is 4.52. The van der Waals surface area contributed by atoms with Crippen molar-refractivity contribution in [2.24, 2.45) is 11.1 Å². The Morgan fingerprint density at radius 3 is 2.08 bits per heavy atom. The second-order valence-corrected chi connectivity index (χ2v) is 4.36. The van der Waals surface area contributed by atoms with Gasteiger partial charge in [-0.15, -0.1) is 0 Å². The van der Waals surface area contributed by atoms with Crippen molar-refractivity contribution < 1.29 is 13.2 Å². The highest BCUT2D eigenvalue weighted by Crippen LogP contribution is 2.35. The van der Waals surface area contributed by atoms with Gasteiger partial charge in [-0.25, -0.2) is 0 Å². The molecule has 1 saturated heterocycles. The first-order valence-corrected chi connectivity index (χ1v) is 4.27. The first kappa shape index (κ1) is 10.8. The van der Waals surface area contributed by atoms with E-state index in [4.69, 9.17) is 5.73 Å². The number of hydrogen-bond donors (Lipinski definition) is 1. The topological polar surface area (TPSA) is 29.3 Å². The summed E-state index contributed by atoms with van der Waals surface area (Å²) >= 11 is 0. The largest absolute Gasteiger partial charge is 0.405 e. The standard InChI is InChI=1S/C8H15F3N2/c1-7(2)4-13(5-7)6(3-12)8(9,10)11/h6H,3-5,12H2,1-2H3. The minimum atomic E-state index is -4.19. The number of rotatable bonds is 2. The van der Waals surface area contributed by atoms with E-state index in [-0.39, 0.29) is 12.0 Å². The van der Waals surface area contributed by atoms with Gasteiger partial charge in [0.05, 0.1) is 0 Å². The fraction of sp³-hybridized carbons (Fsp3) is 1.00. The maximum Gasteiger partial charge on any atom is 0.405 e. The van der Waals surface area contributed by atoms with E-state index in [1.807, 2.05) is 13.8 Å². The van der Waals surface area contributed by atoms with Crippen LogP contribution in [0.1, 0.15) is 13.8 Å². The molecule has 78 valence electrons. The lowest BCUT2D eigenvalue weighted by molar-refractivity contribution is -0.203. The summed E-state index contributed by atoms with van der Waals surface area (Å²) < 4.78 is 37.0. The van der Waals surface area contributed by atoms with Gasteiger partial charge in [-0.05, 0) is 5.41 Å². The van der Waals surface area contributed by atoms with E-state index in [0.29, 0.717) is 13.1 Å². The molecule has 2 nitrogen and oxygen atoms in total. The van der Waals surface area contributed by atoms with Crippen LogP contribution in [0.15, 0.2) is 0 Å². The predicted octanol–water partition coefficient (Wildman–Crippen LogP) is 1.22. The molecule has 2 N–H and O–H groups in total. The highest BCUT2D eigenvalue weighted by atomic mass is 19.4. The molecule has 1 unspecified atom stereocenters. The van der Waals surface area contributed by atoms with Crippen LogP contribution in [0, 0.1) is 5.41 Å². The minimum Gasteiger partial charge on any atom is -0.329 e. The smallest absolute Gasteiger partial charge is 0.329 e. The van der Waals surface area contributed by atoms with Gasteiger partial charge in [0.1, 0.15) is 6.04 Å². The molecule has 0 aromatic carbocycles. The summed E-state index contributed by atoms with van der Waals surface area (Å²) in [5.74, 6) is 0. The Hall–Kier alpha value is -0.290.